The lowest BCUT2D eigenvalue weighted by molar-refractivity contribution is 0.0962. The van der Waals surface area contributed by atoms with Crippen molar-refractivity contribution in [1.82, 2.24) is 14.7 Å². The van der Waals surface area contributed by atoms with Crippen LogP contribution in [0.25, 0.3) is 10.2 Å². The lowest BCUT2D eigenvalue weighted by Gasteiger charge is -2.34. The summed E-state index contributed by atoms with van der Waals surface area (Å²) >= 11 is 1.21. The molecular formula is C21H23FN4O3S2. The van der Waals surface area contributed by atoms with Crippen LogP contribution in [0.3, 0.4) is 0 Å². The Labute approximate surface area is 184 Å². The van der Waals surface area contributed by atoms with E-state index in [0.717, 1.165) is 25.7 Å². The molecule has 0 radical (unpaired) electrons. The Morgan fingerprint density at radius 3 is 2.71 bits per heavy atom. The Morgan fingerprint density at radius 2 is 2.00 bits per heavy atom. The van der Waals surface area contributed by atoms with Gasteiger partial charge in [0.05, 0.1) is 9.60 Å². The number of nitrogens with zero attached hydrogens (tertiary/aromatic N) is 2. The van der Waals surface area contributed by atoms with Crippen LogP contribution in [0.15, 0.2) is 47.4 Å². The molecule has 1 aromatic heterocycles. The third-order valence-electron chi connectivity index (χ3n) is 5.42. The number of para-hydroxylation sites is 1. The molecule has 1 aliphatic rings. The highest BCUT2D eigenvalue weighted by atomic mass is 32.2. The maximum atomic E-state index is 13.8. The van der Waals surface area contributed by atoms with Crippen LogP contribution in [0.5, 0.6) is 0 Å². The van der Waals surface area contributed by atoms with Crippen molar-refractivity contribution >= 4 is 42.6 Å². The second-order valence-corrected chi connectivity index (χ2v) is 10.3. The molecule has 1 atom stereocenters. The predicted molar refractivity (Wildman–Crippen MR) is 119 cm³/mol. The van der Waals surface area contributed by atoms with Gasteiger partial charge in [0, 0.05) is 18.2 Å². The van der Waals surface area contributed by atoms with Gasteiger partial charge in [0.25, 0.3) is 5.91 Å². The number of hydrogen-bond donors (Lipinski definition) is 2. The highest BCUT2D eigenvalue weighted by Crippen LogP contribution is 2.28. The summed E-state index contributed by atoms with van der Waals surface area (Å²) in [7, 11) is -3.60. The molecule has 7 nitrogen and oxygen atoms in total. The molecule has 164 valence electrons. The van der Waals surface area contributed by atoms with Gasteiger partial charge in [-0.3, -0.25) is 15.6 Å². The molecule has 3 aromatic rings. The molecule has 1 aliphatic heterocycles. The van der Waals surface area contributed by atoms with Crippen LogP contribution in [-0.4, -0.2) is 36.2 Å². The van der Waals surface area contributed by atoms with Gasteiger partial charge in [0.1, 0.15) is 11.3 Å². The van der Waals surface area contributed by atoms with E-state index in [2.05, 4.69) is 15.8 Å². The monoisotopic (exact) mass is 462 g/mol. The summed E-state index contributed by atoms with van der Waals surface area (Å²) in [6.45, 7) is 2.52. The first-order valence-electron chi connectivity index (χ1n) is 10.1. The fourth-order valence-corrected chi connectivity index (χ4v) is 6.36. The smallest absolute Gasteiger partial charge is 0.269 e. The molecule has 0 bridgehead atoms. The average molecular weight is 463 g/mol. The number of hydrogen-bond acceptors (Lipinski definition) is 6. The van der Waals surface area contributed by atoms with E-state index in [4.69, 9.17) is 0 Å². The molecule has 2 heterocycles. The maximum Gasteiger partial charge on any atom is 0.269 e. The number of nitrogens with one attached hydrogen (secondary N) is 2. The SMILES string of the molecule is CCC1CCCCN1S(=O)(=O)c1ccc(C(=O)NNc2nc3c(F)cccc3s2)cc1. The van der Waals surface area contributed by atoms with Gasteiger partial charge >= 0.3 is 0 Å². The molecule has 1 unspecified atom stereocenters. The largest absolute Gasteiger partial charge is 0.273 e. The van der Waals surface area contributed by atoms with E-state index >= 15 is 0 Å². The molecule has 1 fully saturated rings. The summed E-state index contributed by atoms with van der Waals surface area (Å²) in [5, 5.41) is 0.350. The number of sulfonamides is 1. The zero-order chi connectivity index (χ0) is 22.0. The number of fused-ring (bicyclic) bond motifs is 1. The van der Waals surface area contributed by atoms with Crippen LogP contribution >= 0.6 is 11.3 Å². The number of halogens is 1. The maximum absolute atomic E-state index is 13.8. The van der Waals surface area contributed by atoms with E-state index in [0.29, 0.717) is 21.9 Å². The number of anilines is 1. The second kappa shape index (κ2) is 8.89. The van der Waals surface area contributed by atoms with Gasteiger partial charge in [-0.2, -0.15) is 4.31 Å². The van der Waals surface area contributed by atoms with Crippen LogP contribution in [0.1, 0.15) is 43.0 Å². The number of thiazole rings is 1. The first-order valence-corrected chi connectivity index (χ1v) is 12.4. The molecule has 31 heavy (non-hydrogen) atoms. The normalized spacial score (nSPS) is 17.5. The van der Waals surface area contributed by atoms with Crippen molar-refractivity contribution < 1.29 is 17.6 Å². The predicted octanol–water partition coefficient (Wildman–Crippen LogP) is 4.15. The van der Waals surface area contributed by atoms with Gasteiger partial charge in [-0.15, -0.1) is 0 Å². The number of aromatic nitrogens is 1. The molecule has 2 aromatic carbocycles. The summed E-state index contributed by atoms with van der Waals surface area (Å²) < 4.78 is 42.1. The van der Waals surface area contributed by atoms with Crippen molar-refractivity contribution in [3.63, 3.8) is 0 Å². The van der Waals surface area contributed by atoms with Crippen LogP contribution < -0.4 is 10.9 Å². The Morgan fingerprint density at radius 1 is 1.23 bits per heavy atom. The third-order valence-corrected chi connectivity index (χ3v) is 8.32. The van der Waals surface area contributed by atoms with Gasteiger partial charge in [-0.25, -0.2) is 17.8 Å². The van der Waals surface area contributed by atoms with Crippen molar-refractivity contribution in [2.24, 2.45) is 0 Å². The van der Waals surface area contributed by atoms with E-state index in [1.165, 1.54) is 41.7 Å². The quantitative estimate of drug-likeness (QED) is 0.537. The Balaban J connectivity index is 1.44. The van der Waals surface area contributed by atoms with E-state index in [9.17, 15) is 17.6 Å². The van der Waals surface area contributed by atoms with Crippen molar-refractivity contribution in [3.05, 3.63) is 53.8 Å². The summed E-state index contributed by atoms with van der Waals surface area (Å²) in [4.78, 5) is 16.7. The van der Waals surface area contributed by atoms with E-state index < -0.39 is 21.7 Å². The number of piperidine rings is 1. The highest BCUT2D eigenvalue weighted by molar-refractivity contribution is 7.89. The lowest BCUT2D eigenvalue weighted by atomic mass is 10.0. The first kappa shape index (κ1) is 21.7. The topological polar surface area (TPSA) is 91.4 Å². The van der Waals surface area contributed by atoms with Crippen molar-refractivity contribution in [2.45, 2.75) is 43.5 Å². The van der Waals surface area contributed by atoms with Gasteiger partial charge in [0.2, 0.25) is 15.2 Å². The van der Waals surface area contributed by atoms with E-state index in [1.807, 2.05) is 6.92 Å². The van der Waals surface area contributed by atoms with Crippen molar-refractivity contribution in [3.8, 4) is 0 Å². The van der Waals surface area contributed by atoms with Crippen molar-refractivity contribution in [1.29, 1.82) is 0 Å². The number of rotatable bonds is 6. The molecule has 1 amide bonds. The molecule has 0 aliphatic carbocycles. The summed E-state index contributed by atoms with van der Waals surface area (Å²) in [6, 6.07) is 10.6. The Kier molecular flexibility index (Phi) is 6.22. The molecule has 10 heteroatoms. The highest BCUT2D eigenvalue weighted by Gasteiger charge is 2.32. The van der Waals surface area contributed by atoms with Crippen LogP contribution in [0.4, 0.5) is 9.52 Å². The van der Waals surface area contributed by atoms with Crippen molar-refractivity contribution in [2.75, 3.05) is 12.0 Å². The molecular weight excluding hydrogens is 439 g/mol. The first-order chi connectivity index (χ1) is 14.9. The fraction of sp³-hybridized carbons (Fsp3) is 0.333. The fourth-order valence-electron chi connectivity index (χ4n) is 3.76. The summed E-state index contributed by atoms with van der Waals surface area (Å²) in [5.41, 5.74) is 5.73. The zero-order valence-electron chi connectivity index (χ0n) is 17.0. The molecule has 0 saturated carbocycles. The van der Waals surface area contributed by atoms with Crippen LogP contribution in [0.2, 0.25) is 0 Å². The molecule has 0 spiro atoms. The van der Waals surface area contributed by atoms with Crippen LogP contribution in [0, 0.1) is 5.82 Å². The summed E-state index contributed by atoms with van der Waals surface area (Å²) in [5.74, 6) is -0.878. The average Bonchev–Trinajstić information content (AvgIpc) is 3.22. The Hall–Kier alpha value is -2.56. The molecule has 1 saturated heterocycles. The number of hydrazine groups is 1. The minimum atomic E-state index is -3.60. The minimum Gasteiger partial charge on any atom is -0.273 e. The van der Waals surface area contributed by atoms with Gasteiger partial charge in [-0.1, -0.05) is 30.7 Å². The van der Waals surface area contributed by atoms with Gasteiger partial charge in [0.15, 0.2) is 0 Å². The van der Waals surface area contributed by atoms with Crippen LogP contribution in [-0.2, 0) is 10.0 Å². The second-order valence-electron chi connectivity index (χ2n) is 7.38. The molecule has 2 N–H and O–H groups in total. The third kappa shape index (κ3) is 4.41. The number of amides is 1. The van der Waals surface area contributed by atoms with E-state index in [1.54, 1.807) is 16.4 Å². The van der Waals surface area contributed by atoms with Gasteiger partial charge < -0.3 is 0 Å². The van der Waals surface area contributed by atoms with Gasteiger partial charge in [-0.05, 0) is 55.7 Å². The van der Waals surface area contributed by atoms with E-state index in [-0.39, 0.29) is 16.5 Å². The summed E-state index contributed by atoms with van der Waals surface area (Å²) in [6.07, 6.45) is 3.55. The Bertz CT molecular complexity index is 1200. The lowest BCUT2D eigenvalue weighted by Crippen LogP contribution is -2.43. The number of benzene rings is 2. The number of carbonyl (C=O) groups excluding carboxylic acids is 1. The minimum absolute atomic E-state index is 0.0181. The molecule has 4 rings (SSSR count). The number of carbonyl (C=O) groups is 1. The standard InChI is InChI=1S/C21H23FN4O3S2/c1-2-15-6-3-4-13-26(15)31(28,29)16-11-9-14(10-12-16)20(27)24-25-21-23-19-17(22)7-5-8-18(19)30-21/h5,7-12,15H,2-4,6,13H2,1H3,(H,23,25)(H,24,27). The zero-order valence-corrected chi connectivity index (χ0v) is 18.6.